The van der Waals surface area contributed by atoms with Gasteiger partial charge in [0.2, 0.25) is 0 Å². The predicted molar refractivity (Wildman–Crippen MR) is 188 cm³/mol. The smallest absolute Gasteiger partial charge is 0.198 e. The van der Waals surface area contributed by atoms with Crippen LogP contribution in [0.25, 0.3) is 92.2 Å². The zero-order valence-electron chi connectivity index (χ0n) is 29.8. The normalized spacial score (nSPS) is 13.3. The fourth-order valence-corrected chi connectivity index (χ4v) is 6.94. The number of benzene rings is 6. The van der Waals surface area contributed by atoms with Gasteiger partial charge < -0.3 is 4.42 Å². The summed E-state index contributed by atoms with van der Waals surface area (Å²) < 4.78 is 60.6. The summed E-state index contributed by atoms with van der Waals surface area (Å²) in [6, 6.07) is 29.3. The Morgan fingerprint density at radius 2 is 1.33 bits per heavy atom. The summed E-state index contributed by atoms with van der Waals surface area (Å²) in [5.74, 6) is 0.602. The lowest BCUT2D eigenvalue weighted by atomic mass is 10.0. The number of furan rings is 1. The van der Waals surface area contributed by atoms with Crippen LogP contribution in [0, 0.1) is 6.57 Å². The van der Waals surface area contributed by atoms with Crippen LogP contribution in [0.3, 0.4) is 0 Å². The lowest BCUT2D eigenvalue weighted by Gasteiger charge is -2.10. The molecular formula is C40H22N4OS. The highest BCUT2D eigenvalue weighted by atomic mass is 32.1. The first-order valence-corrected chi connectivity index (χ1v) is 15.2. The maximum Gasteiger partial charge on any atom is 0.198 e. The van der Waals surface area contributed by atoms with Crippen molar-refractivity contribution in [1.29, 1.82) is 0 Å². The molecule has 0 bridgehead atoms. The van der Waals surface area contributed by atoms with E-state index < -0.39 is 18.1 Å². The van der Waals surface area contributed by atoms with Crippen molar-refractivity contribution in [1.82, 2.24) is 15.0 Å². The Morgan fingerprint density at radius 1 is 0.609 bits per heavy atom. The molecule has 3 aromatic heterocycles. The molecule has 46 heavy (non-hydrogen) atoms. The molecule has 0 fully saturated rings. The van der Waals surface area contributed by atoms with E-state index in [1.807, 2.05) is 78.9 Å². The van der Waals surface area contributed by atoms with Crippen molar-refractivity contribution >= 4 is 59.1 Å². The molecule has 0 aliphatic rings. The first-order chi connectivity index (χ1) is 25.2. The molecule has 0 radical (unpaired) electrons. The van der Waals surface area contributed by atoms with Gasteiger partial charge in [-0.05, 0) is 35.3 Å². The number of hydrogen-bond donors (Lipinski definition) is 0. The van der Waals surface area contributed by atoms with Gasteiger partial charge >= 0.3 is 0 Å². The van der Waals surface area contributed by atoms with Crippen LogP contribution >= 0.6 is 11.3 Å². The molecule has 0 N–H and O–H groups in total. The maximum atomic E-state index is 9.30. The molecule has 0 atom stereocenters. The van der Waals surface area contributed by atoms with Crippen molar-refractivity contribution in [3.8, 4) is 45.3 Å². The summed E-state index contributed by atoms with van der Waals surface area (Å²) in [4.78, 5) is 18.0. The minimum absolute atomic E-state index is 0.0185. The average molecular weight is 613 g/mol. The molecule has 0 aliphatic carbocycles. The zero-order chi connectivity index (χ0) is 35.8. The van der Waals surface area contributed by atoms with E-state index in [4.69, 9.17) is 32.8 Å². The number of fused-ring (bicyclic) bond motifs is 6. The van der Waals surface area contributed by atoms with Crippen LogP contribution in [0.2, 0.25) is 0 Å². The molecule has 0 unspecified atom stereocenters. The lowest BCUT2D eigenvalue weighted by molar-refractivity contribution is 0.669. The van der Waals surface area contributed by atoms with Crippen molar-refractivity contribution in [2.45, 2.75) is 0 Å². The van der Waals surface area contributed by atoms with E-state index in [0.717, 1.165) is 36.9 Å². The standard InChI is InChI=1S/C40H22N4OS/c1-41-32-14-8-15-33-36(32)30-22-21-27(23-34(30)45-33)39-42-38(26-19-17-25(18-20-26)24-9-3-2-4-10-24)43-40(44-39)31-13-7-12-29-28-11-5-6-16-35(28)46-37(29)31/h2-23H/i8D,14D,15D,21D,22D,23D. The molecule has 0 amide bonds. The minimum Gasteiger partial charge on any atom is -0.457 e. The highest BCUT2D eigenvalue weighted by molar-refractivity contribution is 7.26. The summed E-state index contributed by atoms with van der Waals surface area (Å²) in [5.41, 5.74) is 2.77. The zero-order valence-corrected chi connectivity index (χ0v) is 24.7. The molecule has 9 aromatic rings. The minimum atomic E-state index is -0.498. The second-order valence-corrected chi connectivity index (χ2v) is 11.7. The van der Waals surface area contributed by atoms with Crippen LogP contribution in [0.1, 0.15) is 8.22 Å². The molecular weight excluding hydrogens is 585 g/mol. The van der Waals surface area contributed by atoms with Gasteiger partial charge in [-0.1, -0.05) is 109 Å². The quantitative estimate of drug-likeness (QED) is 0.186. The number of hydrogen-bond acceptors (Lipinski definition) is 5. The topological polar surface area (TPSA) is 56.2 Å². The van der Waals surface area contributed by atoms with E-state index in [2.05, 4.69) is 23.0 Å². The Balaban J connectivity index is 1.32. The van der Waals surface area contributed by atoms with Gasteiger partial charge in [0.15, 0.2) is 23.2 Å². The van der Waals surface area contributed by atoms with Gasteiger partial charge in [0, 0.05) is 49.0 Å². The van der Waals surface area contributed by atoms with Gasteiger partial charge in [0.25, 0.3) is 0 Å². The van der Waals surface area contributed by atoms with Gasteiger partial charge in [0.05, 0.1) is 13.4 Å². The van der Waals surface area contributed by atoms with Gasteiger partial charge in [-0.25, -0.2) is 19.8 Å². The third-order valence-corrected chi connectivity index (χ3v) is 9.14. The van der Waals surface area contributed by atoms with Crippen LogP contribution in [0.15, 0.2) is 138 Å². The van der Waals surface area contributed by atoms with E-state index >= 15 is 0 Å². The van der Waals surface area contributed by atoms with E-state index in [1.165, 1.54) is 0 Å². The second kappa shape index (κ2) is 10.5. The van der Waals surface area contributed by atoms with Crippen LogP contribution in [0.4, 0.5) is 5.69 Å². The lowest BCUT2D eigenvalue weighted by Crippen LogP contribution is -2.00. The highest BCUT2D eigenvalue weighted by Gasteiger charge is 2.18. The number of aromatic nitrogens is 3. The predicted octanol–water partition coefficient (Wildman–Crippen LogP) is 11.4. The van der Waals surface area contributed by atoms with Crippen molar-refractivity contribution in [2.24, 2.45) is 0 Å². The summed E-state index contributed by atoms with van der Waals surface area (Å²) in [7, 11) is 0. The average Bonchev–Trinajstić information content (AvgIpc) is 3.77. The Kier molecular flexibility index (Phi) is 4.72. The van der Waals surface area contributed by atoms with Gasteiger partial charge in [0.1, 0.15) is 11.2 Å². The third-order valence-electron chi connectivity index (χ3n) is 7.92. The molecule has 0 saturated heterocycles. The molecule has 6 aromatic carbocycles. The van der Waals surface area contributed by atoms with Gasteiger partial charge in [-0.3, -0.25) is 0 Å². The SMILES string of the molecule is [2H]c1c([2H])c([N+]#[C-])c2c(oc3c([2H])c(-c4nc(-c5ccc(-c6ccccc6)cc5)nc(-c5cccc6c5sc5ccccc56)n4)c([2H])c([2H])c32)c1[2H]. The molecule has 3 heterocycles. The maximum absolute atomic E-state index is 9.30. The van der Waals surface area contributed by atoms with E-state index in [1.54, 1.807) is 11.3 Å². The highest BCUT2D eigenvalue weighted by Crippen LogP contribution is 2.40. The summed E-state index contributed by atoms with van der Waals surface area (Å²) in [5, 5.41) is 2.08. The molecule has 214 valence electrons. The van der Waals surface area contributed by atoms with Crippen LogP contribution in [0.5, 0.6) is 0 Å². The van der Waals surface area contributed by atoms with Crippen molar-refractivity contribution < 1.29 is 12.6 Å². The molecule has 6 heteroatoms. The van der Waals surface area contributed by atoms with Crippen molar-refractivity contribution in [3.05, 3.63) is 145 Å². The van der Waals surface area contributed by atoms with Gasteiger partial charge in [-0.2, -0.15) is 0 Å². The Hall–Kier alpha value is -6.16. The third kappa shape index (κ3) is 4.26. The fraction of sp³-hybridized carbons (Fsp3) is 0. The largest absolute Gasteiger partial charge is 0.457 e. The first kappa shape index (κ1) is 20.7. The number of thiophene rings is 1. The van der Waals surface area contributed by atoms with Gasteiger partial charge in [-0.15, -0.1) is 11.3 Å². The first-order valence-electron chi connectivity index (χ1n) is 17.4. The summed E-state index contributed by atoms with van der Waals surface area (Å²) in [6.07, 6.45) is 0. The van der Waals surface area contributed by atoms with E-state index in [-0.39, 0.29) is 57.1 Å². The molecule has 0 aliphatic heterocycles. The van der Waals surface area contributed by atoms with E-state index in [0.29, 0.717) is 17.2 Å². The van der Waals surface area contributed by atoms with Crippen LogP contribution in [-0.2, 0) is 0 Å². The van der Waals surface area contributed by atoms with Crippen molar-refractivity contribution in [2.75, 3.05) is 0 Å². The van der Waals surface area contributed by atoms with E-state index in [9.17, 15) is 1.37 Å². The number of rotatable bonds is 4. The molecule has 0 saturated carbocycles. The fourth-order valence-electron chi connectivity index (χ4n) is 5.73. The second-order valence-electron chi connectivity index (χ2n) is 10.6. The van der Waals surface area contributed by atoms with Crippen LogP contribution < -0.4 is 0 Å². The monoisotopic (exact) mass is 612 g/mol. The Labute approximate surface area is 276 Å². The van der Waals surface area contributed by atoms with Crippen LogP contribution in [-0.4, -0.2) is 15.0 Å². The Morgan fingerprint density at radius 3 is 2.17 bits per heavy atom. The Bertz CT molecular complexity index is 2990. The summed E-state index contributed by atoms with van der Waals surface area (Å²) >= 11 is 1.61. The van der Waals surface area contributed by atoms with Crippen molar-refractivity contribution in [3.63, 3.8) is 0 Å². The molecule has 5 nitrogen and oxygen atoms in total. The molecule has 0 spiro atoms. The molecule has 9 rings (SSSR count). The summed E-state index contributed by atoms with van der Waals surface area (Å²) in [6.45, 7) is 7.71. The number of nitrogens with zero attached hydrogens (tertiary/aromatic N) is 4.